The normalized spacial score (nSPS) is 10.6. The summed E-state index contributed by atoms with van der Waals surface area (Å²) in [5.41, 5.74) is 0.820. The van der Waals surface area contributed by atoms with E-state index in [4.69, 9.17) is 4.74 Å². The zero-order chi connectivity index (χ0) is 11.4. The summed E-state index contributed by atoms with van der Waals surface area (Å²) in [6.07, 6.45) is 2.06. The fraction of sp³-hybridized carbons (Fsp3) is 0.231. The first-order valence-electron chi connectivity index (χ1n) is 5.14. The Bertz CT molecular complexity index is 503. The van der Waals surface area contributed by atoms with Crippen LogP contribution in [0.15, 0.2) is 36.5 Å². The van der Waals surface area contributed by atoms with Crippen LogP contribution >= 0.6 is 0 Å². The van der Waals surface area contributed by atoms with Crippen molar-refractivity contribution in [2.24, 2.45) is 0 Å². The Morgan fingerprint density at radius 1 is 1.31 bits per heavy atom. The number of benzene rings is 1. The van der Waals surface area contributed by atoms with Crippen LogP contribution in [-0.2, 0) is 16.0 Å². The van der Waals surface area contributed by atoms with Gasteiger partial charge in [-0.2, -0.15) is 0 Å². The summed E-state index contributed by atoms with van der Waals surface area (Å²) in [6.45, 7) is 0.144. The van der Waals surface area contributed by atoms with Gasteiger partial charge >= 0.3 is 0 Å². The number of nitrogens with zero attached hydrogens (tertiary/aromatic N) is 1. The fourth-order valence-electron chi connectivity index (χ4n) is 1.72. The van der Waals surface area contributed by atoms with Crippen molar-refractivity contribution in [3.63, 3.8) is 0 Å². The number of fused-ring (bicyclic) bond motifs is 1. The third kappa shape index (κ3) is 2.25. The summed E-state index contributed by atoms with van der Waals surface area (Å²) >= 11 is 0. The summed E-state index contributed by atoms with van der Waals surface area (Å²) < 4.78 is 4.81. The summed E-state index contributed by atoms with van der Waals surface area (Å²) in [7, 11) is 1.52. The SMILES string of the molecule is COCC(=O)Cc1nccc2ccccc12. The van der Waals surface area contributed by atoms with Gasteiger partial charge in [0, 0.05) is 18.7 Å². The second-order valence-corrected chi connectivity index (χ2v) is 3.63. The second kappa shape index (κ2) is 4.86. The number of aromatic nitrogens is 1. The molecule has 0 radical (unpaired) electrons. The van der Waals surface area contributed by atoms with Gasteiger partial charge in [0.1, 0.15) is 6.61 Å². The van der Waals surface area contributed by atoms with Gasteiger partial charge in [-0.1, -0.05) is 24.3 Å². The van der Waals surface area contributed by atoms with E-state index in [0.717, 1.165) is 16.5 Å². The molecule has 0 spiro atoms. The van der Waals surface area contributed by atoms with E-state index in [0.29, 0.717) is 6.42 Å². The summed E-state index contributed by atoms with van der Waals surface area (Å²) in [6, 6.07) is 9.87. The lowest BCUT2D eigenvalue weighted by Gasteiger charge is -2.04. The molecule has 0 saturated heterocycles. The highest BCUT2D eigenvalue weighted by Crippen LogP contribution is 2.16. The first-order valence-corrected chi connectivity index (χ1v) is 5.14. The molecule has 2 rings (SSSR count). The van der Waals surface area contributed by atoms with Crippen LogP contribution in [0.2, 0.25) is 0 Å². The van der Waals surface area contributed by atoms with Crippen LogP contribution in [0, 0.1) is 0 Å². The van der Waals surface area contributed by atoms with Gasteiger partial charge in [0.15, 0.2) is 5.78 Å². The minimum Gasteiger partial charge on any atom is -0.377 e. The van der Waals surface area contributed by atoms with Crippen molar-refractivity contribution in [3.8, 4) is 0 Å². The number of rotatable bonds is 4. The first-order chi connectivity index (χ1) is 7.81. The van der Waals surface area contributed by atoms with Crippen molar-refractivity contribution >= 4 is 16.6 Å². The summed E-state index contributed by atoms with van der Waals surface area (Å²) in [5, 5.41) is 2.15. The summed E-state index contributed by atoms with van der Waals surface area (Å²) in [4.78, 5) is 15.7. The van der Waals surface area contributed by atoms with Crippen molar-refractivity contribution in [2.45, 2.75) is 6.42 Å². The molecule has 1 aromatic carbocycles. The minimum absolute atomic E-state index is 0.0475. The Morgan fingerprint density at radius 2 is 2.12 bits per heavy atom. The Morgan fingerprint density at radius 3 is 2.94 bits per heavy atom. The molecule has 0 bridgehead atoms. The molecule has 0 aliphatic carbocycles. The lowest BCUT2D eigenvalue weighted by molar-refractivity contribution is -0.122. The van der Waals surface area contributed by atoms with Crippen molar-refractivity contribution in [3.05, 3.63) is 42.2 Å². The number of hydrogen-bond donors (Lipinski definition) is 0. The maximum atomic E-state index is 11.5. The van der Waals surface area contributed by atoms with E-state index < -0.39 is 0 Å². The van der Waals surface area contributed by atoms with Gasteiger partial charge in [0.05, 0.1) is 12.1 Å². The van der Waals surface area contributed by atoms with Gasteiger partial charge in [0.25, 0.3) is 0 Å². The molecule has 2 aromatic rings. The second-order valence-electron chi connectivity index (χ2n) is 3.63. The number of methoxy groups -OCH3 is 1. The molecule has 1 aromatic heterocycles. The Kier molecular flexibility index (Phi) is 3.27. The lowest BCUT2D eigenvalue weighted by Crippen LogP contribution is -2.10. The van der Waals surface area contributed by atoms with Crippen LogP contribution in [0.4, 0.5) is 0 Å². The molecule has 16 heavy (non-hydrogen) atoms. The molecule has 3 heteroatoms. The molecule has 0 saturated carbocycles. The Labute approximate surface area is 94.1 Å². The molecule has 0 atom stereocenters. The Balaban J connectivity index is 2.33. The third-order valence-electron chi connectivity index (χ3n) is 2.43. The molecule has 82 valence electrons. The minimum atomic E-state index is 0.0475. The number of pyridine rings is 1. The zero-order valence-electron chi connectivity index (χ0n) is 9.14. The van der Waals surface area contributed by atoms with Crippen LogP contribution in [-0.4, -0.2) is 24.5 Å². The van der Waals surface area contributed by atoms with E-state index in [-0.39, 0.29) is 12.4 Å². The van der Waals surface area contributed by atoms with Gasteiger partial charge in [-0.25, -0.2) is 0 Å². The van der Waals surface area contributed by atoms with Crippen LogP contribution in [0.5, 0.6) is 0 Å². The molecule has 0 N–H and O–H groups in total. The van der Waals surface area contributed by atoms with E-state index in [9.17, 15) is 4.79 Å². The largest absolute Gasteiger partial charge is 0.377 e. The van der Waals surface area contributed by atoms with E-state index in [1.165, 1.54) is 7.11 Å². The number of Topliss-reactive ketones (excluding diaryl/α,β-unsaturated/α-hetero) is 1. The predicted octanol–water partition coefficient (Wildman–Crippen LogP) is 1.99. The topological polar surface area (TPSA) is 39.2 Å². The van der Waals surface area contributed by atoms with Crippen LogP contribution in [0.25, 0.3) is 10.8 Å². The van der Waals surface area contributed by atoms with E-state index in [2.05, 4.69) is 4.98 Å². The molecular weight excluding hydrogens is 202 g/mol. The smallest absolute Gasteiger partial charge is 0.164 e. The van der Waals surface area contributed by atoms with E-state index >= 15 is 0 Å². The standard InChI is InChI=1S/C13H13NO2/c1-16-9-11(15)8-13-12-5-3-2-4-10(12)6-7-14-13/h2-7H,8-9H2,1H3. The van der Waals surface area contributed by atoms with Crippen LogP contribution in [0.1, 0.15) is 5.69 Å². The average Bonchev–Trinajstić information content (AvgIpc) is 2.30. The molecule has 1 heterocycles. The van der Waals surface area contributed by atoms with Gasteiger partial charge in [-0.15, -0.1) is 0 Å². The molecule has 0 aliphatic rings. The van der Waals surface area contributed by atoms with Gasteiger partial charge in [-0.3, -0.25) is 9.78 Å². The van der Waals surface area contributed by atoms with Gasteiger partial charge < -0.3 is 4.74 Å². The highest BCUT2D eigenvalue weighted by atomic mass is 16.5. The number of carbonyl (C=O) groups excluding carboxylic acids is 1. The molecular formula is C13H13NO2. The maximum Gasteiger partial charge on any atom is 0.164 e. The van der Waals surface area contributed by atoms with Crippen LogP contribution < -0.4 is 0 Å². The monoisotopic (exact) mass is 215 g/mol. The van der Waals surface area contributed by atoms with E-state index in [1.807, 2.05) is 30.3 Å². The molecule has 3 nitrogen and oxygen atoms in total. The highest BCUT2D eigenvalue weighted by Gasteiger charge is 2.07. The molecule has 0 fully saturated rings. The quantitative estimate of drug-likeness (QED) is 0.783. The zero-order valence-corrected chi connectivity index (χ0v) is 9.14. The molecule has 0 amide bonds. The fourth-order valence-corrected chi connectivity index (χ4v) is 1.72. The number of hydrogen-bond acceptors (Lipinski definition) is 3. The van der Waals surface area contributed by atoms with E-state index in [1.54, 1.807) is 6.20 Å². The number of ketones is 1. The van der Waals surface area contributed by atoms with Crippen molar-refractivity contribution < 1.29 is 9.53 Å². The number of ether oxygens (including phenoxy) is 1. The number of carbonyl (C=O) groups is 1. The van der Waals surface area contributed by atoms with Crippen molar-refractivity contribution in [2.75, 3.05) is 13.7 Å². The van der Waals surface area contributed by atoms with Gasteiger partial charge in [0.2, 0.25) is 0 Å². The van der Waals surface area contributed by atoms with Crippen molar-refractivity contribution in [1.29, 1.82) is 0 Å². The maximum absolute atomic E-state index is 11.5. The van der Waals surface area contributed by atoms with Crippen molar-refractivity contribution in [1.82, 2.24) is 4.98 Å². The highest BCUT2D eigenvalue weighted by molar-refractivity contribution is 5.89. The average molecular weight is 215 g/mol. The third-order valence-corrected chi connectivity index (χ3v) is 2.43. The molecule has 0 aliphatic heterocycles. The predicted molar refractivity (Wildman–Crippen MR) is 62.3 cm³/mol. The first kappa shape index (κ1) is 10.8. The Hall–Kier alpha value is -1.74. The van der Waals surface area contributed by atoms with Crippen LogP contribution in [0.3, 0.4) is 0 Å². The van der Waals surface area contributed by atoms with Gasteiger partial charge in [-0.05, 0) is 11.5 Å². The molecule has 0 unspecified atom stereocenters. The summed E-state index contributed by atoms with van der Waals surface area (Å²) in [5.74, 6) is 0.0475. The lowest BCUT2D eigenvalue weighted by atomic mass is 10.1.